The molecule has 1 heterocycles. The number of halogens is 2. The largest absolute Gasteiger partial charge is 0.358 e. The number of aryl methyl sites for hydroxylation is 1. The van der Waals surface area contributed by atoms with Crippen LogP contribution in [0.2, 0.25) is 5.02 Å². The van der Waals surface area contributed by atoms with Crippen LogP contribution >= 0.6 is 11.6 Å². The van der Waals surface area contributed by atoms with Gasteiger partial charge in [0.25, 0.3) is 0 Å². The van der Waals surface area contributed by atoms with Gasteiger partial charge >= 0.3 is 0 Å². The van der Waals surface area contributed by atoms with E-state index < -0.39 is 0 Å². The standard InChI is InChI=1S/C19H18ClFN2O/c1-12-16(17-11-14(20)4-7-18(17)23-12)8-9-22-19(24)10-13-2-5-15(21)6-3-13/h2-7,11,23H,8-10H2,1H3,(H,22,24). The third kappa shape index (κ3) is 3.77. The first-order valence-corrected chi connectivity index (χ1v) is 8.18. The van der Waals surface area contributed by atoms with Gasteiger partial charge in [0.1, 0.15) is 5.82 Å². The fourth-order valence-corrected chi connectivity index (χ4v) is 3.03. The molecule has 3 nitrogen and oxygen atoms in total. The number of amides is 1. The number of carbonyl (C=O) groups excluding carboxylic acids is 1. The van der Waals surface area contributed by atoms with Crippen LogP contribution in [0, 0.1) is 12.7 Å². The zero-order valence-corrected chi connectivity index (χ0v) is 14.1. The second-order valence-electron chi connectivity index (χ2n) is 5.82. The van der Waals surface area contributed by atoms with E-state index in [1.165, 1.54) is 12.1 Å². The van der Waals surface area contributed by atoms with Crippen LogP contribution in [0.4, 0.5) is 4.39 Å². The average Bonchev–Trinajstić information content (AvgIpc) is 2.85. The van der Waals surface area contributed by atoms with Gasteiger partial charge in [-0.2, -0.15) is 0 Å². The van der Waals surface area contributed by atoms with Crippen molar-refractivity contribution in [1.82, 2.24) is 10.3 Å². The van der Waals surface area contributed by atoms with Crippen LogP contribution in [-0.2, 0) is 17.6 Å². The van der Waals surface area contributed by atoms with E-state index in [4.69, 9.17) is 11.6 Å². The van der Waals surface area contributed by atoms with Gasteiger partial charge in [-0.1, -0.05) is 23.7 Å². The van der Waals surface area contributed by atoms with Crippen molar-refractivity contribution in [2.24, 2.45) is 0 Å². The van der Waals surface area contributed by atoms with Crippen LogP contribution in [0.1, 0.15) is 16.8 Å². The number of hydrogen-bond donors (Lipinski definition) is 2. The SMILES string of the molecule is Cc1[nH]c2ccc(Cl)cc2c1CCNC(=O)Cc1ccc(F)cc1. The predicted octanol–water partition coefficient (Wildman–Crippen LogP) is 4.17. The Labute approximate surface area is 144 Å². The number of H-pyrrole nitrogens is 1. The minimum absolute atomic E-state index is 0.0721. The van der Waals surface area contributed by atoms with Crippen LogP contribution < -0.4 is 5.32 Å². The van der Waals surface area contributed by atoms with E-state index >= 15 is 0 Å². The van der Waals surface area contributed by atoms with Crippen molar-refractivity contribution >= 4 is 28.4 Å². The molecule has 0 radical (unpaired) electrons. The molecule has 24 heavy (non-hydrogen) atoms. The number of nitrogens with one attached hydrogen (secondary N) is 2. The molecule has 0 saturated heterocycles. The van der Waals surface area contributed by atoms with E-state index in [2.05, 4.69) is 10.3 Å². The Kier molecular flexibility index (Phi) is 4.86. The molecule has 2 aromatic carbocycles. The molecular weight excluding hydrogens is 327 g/mol. The van der Waals surface area contributed by atoms with Crippen molar-refractivity contribution in [1.29, 1.82) is 0 Å². The summed E-state index contributed by atoms with van der Waals surface area (Å²) < 4.78 is 12.9. The molecule has 0 atom stereocenters. The van der Waals surface area contributed by atoms with Crippen molar-refractivity contribution in [2.45, 2.75) is 19.8 Å². The number of rotatable bonds is 5. The van der Waals surface area contributed by atoms with E-state index in [0.29, 0.717) is 11.6 Å². The van der Waals surface area contributed by atoms with E-state index in [1.54, 1.807) is 12.1 Å². The number of fused-ring (bicyclic) bond motifs is 1. The van der Waals surface area contributed by atoms with Crippen LogP contribution in [0.3, 0.4) is 0 Å². The van der Waals surface area contributed by atoms with Gasteiger partial charge in [-0.25, -0.2) is 4.39 Å². The van der Waals surface area contributed by atoms with Crippen LogP contribution in [0.15, 0.2) is 42.5 Å². The van der Waals surface area contributed by atoms with Gasteiger partial charge in [0.2, 0.25) is 5.91 Å². The molecule has 1 amide bonds. The number of aromatic amines is 1. The van der Waals surface area contributed by atoms with Crippen LogP contribution in [-0.4, -0.2) is 17.4 Å². The molecule has 5 heteroatoms. The molecule has 0 spiro atoms. The predicted molar refractivity (Wildman–Crippen MR) is 94.9 cm³/mol. The Morgan fingerprint density at radius 3 is 2.71 bits per heavy atom. The minimum atomic E-state index is -0.298. The van der Waals surface area contributed by atoms with Gasteiger partial charge in [-0.15, -0.1) is 0 Å². The molecule has 0 fully saturated rings. The van der Waals surface area contributed by atoms with E-state index in [1.807, 2.05) is 25.1 Å². The van der Waals surface area contributed by atoms with Crippen molar-refractivity contribution in [3.63, 3.8) is 0 Å². The normalized spacial score (nSPS) is 11.0. The van der Waals surface area contributed by atoms with Gasteiger partial charge in [-0.3, -0.25) is 4.79 Å². The van der Waals surface area contributed by atoms with Gasteiger partial charge in [-0.05, 0) is 54.8 Å². The Bertz CT molecular complexity index is 871. The summed E-state index contributed by atoms with van der Waals surface area (Å²) in [7, 11) is 0. The summed E-state index contributed by atoms with van der Waals surface area (Å²) in [5.74, 6) is -0.371. The van der Waals surface area contributed by atoms with Crippen LogP contribution in [0.5, 0.6) is 0 Å². The minimum Gasteiger partial charge on any atom is -0.358 e. The number of carbonyl (C=O) groups is 1. The molecule has 1 aromatic heterocycles. The maximum atomic E-state index is 12.9. The molecule has 3 rings (SSSR count). The summed E-state index contributed by atoms with van der Waals surface area (Å²) in [5.41, 5.74) is 4.09. The van der Waals surface area contributed by atoms with Gasteiger partial charge < -0.3 is 10.3 Å². The summed E-state index contributed by atoms with van der Waals surface area (Å²) in [6.45, 7) is 2.56. The Morgan fingerprint density at radius 1 is 1.21 bits per heavy atom. The van der Waals surface area contributed by atoms with Gasteiger partial charge in [0.15, 0.2) is 0 Å². The lowest BCUT2D eigenvalue weighted by molar-refractivity contribution is -0.120. The quantitative estimate of drug-likeness (QED) is 0.717. The highest BCUT2D eigenvalue weighted by Gasteiger charge is 2.10. The second kappa shape index (κ2) is 7.05. The molecule has 0 aliphatic heterocycles. The lowest BCUT2D eigenvalue weighted by Crippen LogP contribution is -2.27. The first-order valence-electron chi connectivity index (χ1n) is 7.81. The Hall–Kier alpha value is -2.33. The third-order valence-corrected chi connectivity index (χ3v) is 4.29. The van der Waals surface area contributed by atoms with E-state index in [0.717, 1.165) is 34.1 Å². The average molecular weight is 345 g/mol. The van der Waals surface area contributed by atoms with E-state index in [-0.39, 0.29) is 18.1 Å². The van der Waals surface area contributed by atoms with E-state index in [9.17, 15) is 9.18 Å². The molecule has 2 N–H and O–H groups in total. The maximum Gasteiger partial charge on any atom is 0.224 e. The lowest BCUT2D eigenvalue weighted by atomic mass is 10.1. The highest BCUT2D eigenvalue weighted by molar-refractivity contribution is 6.31. The summed E-state index contributed by atoms with van der Waals surface area (Å²) in [5, 5.41) is 4.70. The molecule has 0 unspecified atom stereocenters. The first kappa shape index (κ1) is 16.5. The molecule has 0 aliphatic carbocycles. The maximum absolute atomic E-state index is 12.9. The molecule has 3 aromatic rings. The Balaban J connectivity index is 1.60. The van der Waals surface area contributed by atoms with Crippen molar-refractivity contribution in [3.8, 4) is 0 Å². The molecular formula is C19H18ClFN2O. The lowest BCUT2D eigenvalue weighted by Gasteiger charge is -2.06. The second-order valence-corrected chi connectivity index (χ2v) is 6.26. The fourth-order valence-electron chi connectivity index (χ4n) is 2.85. The zero-order chi connectivity index (χ0) is 17.1. The summed E-state index contributed by atoms with van der Waals surface area (Å²) in [6.07, 6.45) is 0.973. The molecule has 0 saturated carbocycles. The van der Waals surface area contributed by atoms with Crippen molar-refractivity contribution < 1.29 is 9.18 Å². The fraction of sp³-hybridized carbons (Fsp3) is 0.211. The highest BCUT2D eigenvalue weighted by atomic mass is 35.5. The number of benzene rings is 2. The summed E-state index contributed by atoms with van der Waals surface area (Å²) >= 11 is 6.08. The smallest absolute Gasteiger partial charge is 0.224 e. The van der Waals surface area contributed by atoms with Crippen molar-refractivity contribution in [2.75, 3.05) is 6.54 Å². The van der Waals surface area contributed by atoms with Gasteiger partial charge in [0, 0.05) is 28.2 Å². The summed E-state index contributed by atoms with van der Waals surface area (Å²) in [6, 6.07) is 11.7. The van der Waals surface area contributed by atoms with Crippen LogP contribution in [0.25, 0.3) is 10.9 Å². The summed E-state index contributed by atoms with van der Waals surface area (Å²) in [4.78, 5) is 15.3. The third-order valence-electron chi connectivity index (χ3n) is 4.06. The van der Waals surface area contributed by atoms with Crippen molar-refractivity contribution in [3.05, 3.63) is 70.1 Å². The number of hydrogen-bond acceptors (Lipinski definition) is 1. The molecule has 0 aliphatic rings. The first-order chi connectivity index (χ1) is 11.5. The monoisotopic (exact) mass is 344 g/mol. The topological polar surface area (TPSA) is 44.9 Å². The molecule has 0 bridgehead atoms. The highest BCUT2D eigenvalue weighted by Crippen LogP contribution is 2.25. The molecule has 124 valence electrons. The zero-order valence-electron chi connectivity index (χ0n) is 13.3. The van der Waals surface area contributed by atoms with Gasteiger partial charge in [0.05, 0.1) is 6.42 Å². The number of aromatic nitrogens is 1. The Morgan fingerprint density at radius 2 is 1.96 bits per heavy atom.